The molecule has 0 amide bonds. The third kappa shape index (κ3) is 9.66. The molecule has 0 atom stereocenters. The van der Waals surface area contributed by atoms with Crippen LogP contribution >= 0.6 is 0 Å². The first-order valence-corrected chi connectivity index (χ1v) is 8.06. The fraction of sp³-hybridized carbons (Fsp3) is 0.294. The minimum atomic E-state index is -5.01. The smallest absolute Gasteiger partial charge is 0.512 e. The minimum absolute atomic E-state index is 0.101. The third-order valence-electron chi connectivity index (χ3n) is 3.24. The predicted molar refractivity (Wildman–Crippen MR) is 94.2 cm³/mol. The van der Waals surface area contributed by atoms with Crippen LogP contribution in [0.25, 0.3) is 0 Å². The van der Waals surface area contributed by atoms with Crippen LogP contribution in [-0.4, -0.2) is 36.5 Å². The quantitative estimate of drug-likeness (QED) is 0.391. The van der Waals surface area contributed by atoms with E-state index in [-0.39, 0.29) is 18.2 Å². The molecular formula is C17H19BF6N2O3. The molecule has 0 unspecified atom stereocenters. The van der Waals surface area contributed by atoms with Crippen molar-refractivity contribution >= 4 is 7.32 Å². The summed E-state index contributed by atoms with van der Waals surface area (Å²) in [6.45, 7) is 0.897. The lowest BCUT2D eigenvalue weighted by Gasteiger charge is -2.14. The van der Waals surface area contributed by atoms with Crippen LogP contribution in [0.5, 0.6) is 5.75 Å². The lowest BCUT2D eigenvalue weighted by atomic mass is 10.1. The molecule has 0 saturated carbocycles. The van der Waals surface area contributed by atoms with E-state index in [0.29, 0.717) is 0 Å². The molecule has 0 aliphatic heterocycles. The molecule has 29 heavy (non-hydrogen) atoms. The molecule has 2 aromatic carbocycles. The number of benzene rings is 2. The molecule has 12 heteroatoms. The second-order valence-corrected chi connectivity index (χ2v) is 5.90. The Kier molecular flexibility index (Phi) is 8.95. The lowest BCUT2D eigenvalue weighted by Crippen LogP contribution is -2.29. The molecule has 2 aromatic rings. The van der Waals surface area contributed by atoms with Gasteiger partial charge in [0.05, 0.1) is 11.1 Å². The molecule has 0 heterocycles. The summed E-state index contributed by atoms with van der Waals surface area (Å²) in [5, 5.41) is 18.7. The van der Waals surface area contributed by atoms with Crippen LogP contribution in [0, 0.1) is 0 Å². The van der Waals surface area contributed by atoms with Gasteiger partial charge in [-0.1, -0.05) is 30.3 Å². The molecule has 2 rings (SSSR count). The Hall–Kier alpha value is -2.28. The van der Waals surface area contributed by atoms with E-state index >= 15 is 0 Å². The fourth-order valence-electron chi connectivity index (χ4n) is 1.96. The summed E-state index contributed by atoms with van der Waals surface area (Å²) in [5.41, 5.74) is 1.29. The Bertz CT molecular complexity index is 723. The van der Waals surface area contributed by atoms with Crippen LogP contribution in [0.1, 0.15) is 16.7 Å². The number of nitrogens with zero attached hydrogens (tertiary/aromatic N) is 1. The van der Waals surface area contributed by atoms with Gasteiger partial charge in [0, 0.05) is 20.6 Å². The highest BCUT2D eigenvalue weighted by Gasteiger charge is 2.37. The molecule has 0 spiro atoms. The van der Waals surface area contributed by atoms with Crippen molar-refractivity contribution in [1.82, 2.24) is 10.4 Å². The van der Waals surface area contributed by atoms with Gasteiger partial charge in [-0.25, -0.2) is 0 Å². The number of halogens is 6. The van der Waals surface area contributed by atoms with Crippen molar-refractivity contribution in [3.63, 3.8) is 0 Å². The van der Waals surface area contributed by atoms with Gasteiger partial charge in [0.15, 0.2) is 0 Å². The van der Waals surface area contributed by atoms with Crippen LogP contribution in [-0.2, 0) is 18.9 Å². The second-order valence-electron chi connectivity index (χ2n) is 5.90. The molecule has 3 N–H and O–H groups in total. The normalized spacial score (nSPS) is 11.7. The van der Waals surface area contributed by atoms with Crippen molar-refractivity contribution < 1.29 is 41.0 Å². The summed E-state index contributed by atoms with van der Waals surface area (Å²) >= 11 is 0. The van der Waals surface area contributed by atoms with E-state index in [9.17, 15) is 26.3 Å². The Morgan fingerprint density at radius 1 is 0.897 bits per heavy atom. The Labute approximate surface area is 163 Å². The van der Waals surface area contributed by atoms with Gasteiger partial charge < -0.3 is 14.7 Å². The molecule has 160 valence electrons. The summed E-state index contributed by atoms with van der Waals surface area (Å²) in [7, 11) is 1.46. The predicted octanol–water partition coefficient (Wildman–Crippen LogP) is 3.33. The van der Waals surface area contributed by atoms with Gasteiger partial charge in [0.1, 0.15) is 5.75 Å². The summed E-state index contributed by atoms with van der Waals surface area (Å²) in [5.74, 6) is -0.952. The zero-order valence-corrected chi connectivity index (χ0v) is 15.4. The molecule has 0 fully saturated rings. The highest BCUT2D eigenvalue weighted by molar-refractivity contribution is 6.33. The van der Waals surface area contributed by atoms with Crippen LogP contribution in [0.2, 0.25) is 0 Å². The molecule has 5 nitrogen and oxygen atoms in total. The van der Waals surface area contributed by atoms with E-state index in [1.165, 1.54) is 5.56 Å². The largest absolute Gasteiger partial charge is 0.707 e. The summed E-state index contributed by atoms with van der Waals surface area (Å²) in [6.07, 6.45) is -10.0. The van der Waals surface area contributed by atoms with Gasteiger partial charge >= 0.3 is 19.7 Å². The van der Waals surface area contributed by atoms with E-state index in [4.69, 9.17) is 10.0 Å². The SMILES string of the molecule is CN(C)NCc1ccccc1.OB(O)Oc1cc(C(F)(F)F)cc(C(F)(F)F)c1. The number of hydrazine groups is 1. The molecule has 0 aromatic heterocycles. The number of hydrogen-bond donors (Lipinski definition) is 3. The van der Waals surface area contributed by atoms with Crippen molar-refractivity contribution in [2.75, 3.05) is 14.1 Å². The monoisotopic (exact) mass is 424 g/mol. The van der Waals surface area contributed by atoms with Crippen molar-refractivity contribution in [1.29, 1.82) is 0 Å². The van der Waals surface area contributed by atoms with Gasteiger partial charge in [-0.05, 0) is 23.8 Å². The minimum Gasteiger partial charge on any atom is -0.512 e. The molecule has 0 bridgehead atoms. The first-order valence-electron chi connectivity index (χ1n) is 8.06. The van der Waals surface area contributed by atoms with Gasteiger partial charge in [0.2, 0.25) is 0 Å². The highest BCUT2D eigenvalue weighted by Crippen LogP contribution is 2.38. The summed E-state index contributed by atoms with van der Waals surface area (Å²) in [6, 6.07) is 10.7. The molecule has 0 saturated heterocycles. The summed E-state index contributed by atoms with van der Waals surface area (Å²) in [4.78, 5) is 0. The summed E-state index contributed by atoms with van der Waals surface area (Å²) < 4.78 is 78.0. The van der Waals surface area contributed by atoms with Gasteiger partial charge in [-0.3, -0.25) is 10.4 Å². The van der Waals surface area contributed by atoms with E-state index in [0.717, 1.165) is 6.54 Å². The molecular weight excluding hydrogens is 405 g/mol. The van der Waals surface area contributed by atoms with Crippen molar-refractivity contribution in [2.45, 2.75) is 18.9 Å². The van der Waals surface area contributed by atoms with E-state index in [1.807, 2.05) is 37.3 Å². The first kappa shape index (κ1) is 24.8. The Morgan fingerprint density at radius 3 is 1.76 bits per heavy atom. The van der Waals surface area contributed by atoms with Crippen LogP contribution < -0.4 is 10.1 Å². The zero-order valence-electron chi connectivity index (χ0n) is 15.4. The number of nitrogens with one attached hydrogen (secondary N) is 1. The third-order valence-corrected chi connectivity index (χ3v) is 3.24. The van der Waals surface area contributed by atoms with Gasteiger partial charge in [-0.2, -0.15) is 26.3 Å². The molecule has 0 aliphatic carbocycles. The van der Waals surface area contributed by atoms with Crippen LogP contribution in [0.15, 0.2) is 48.5 Å². The maximum absolute atomic E-state index is 12.3. The van der Waals surface area contributed by atoms with Crippen molar-refractivity contribution in [3.05, 3.63) is 65.2 Å². The molecule has 0 radical (unpaired) electrons. The highest BCUT2D eigenvalue weighted by atomic mass is 19.4. The number of rotatable bonds is 5. The first-order chi connectivity index (χ1) is 13.3. The standard InChI is InChI=1S/C9H14N2.C8H5BF6O3/c1-11(2)10-8-9-6-4-3-5-7-9;10-7(11,12)4-1-5(8(13,14)15)3-6(2-4)18-9(16)17/h3-7,10H,8H2,1-2H3;1-3,16-17H. The molecule has 0 aliphatic rings. The van der Waals surface area contributed by atoms with E-state index < -0.39 is 36.6 Å². The average Bonchev–Trinajstić information content (AvgIpc) is 2.59. The van der Waals surface area contributed by atoms with Crippen molar-refractivity contribution in [2.24, 2.45) is 0 Å². The number of hydrogen-bond acceptors (Lipinski definition) is 5. The van der Waals surface area contributed by atoms with Gasteiger partial charge in [-0.15, -0.1) is 0 Å². The van der Waals surface area contributed by atoms with Crippen LogP contribution in [0.3, 0.4) is 0 Å². The van der Waals surface area contributed by atoms with Crippen molar-refractivity contribution in [3.8, 4) is 5.75 Å². The van der Waals surface area contributed by atoms with Crippen LogP contribution in [0.4, 0.5) is 26.3 Å². The maximum Gasteiger partial charge on any atom is 0.707 e. The topological polar surface area (TPSA) is 65.0 Å². The number of alkyl halides is 6. The van der Waals surface area contributed by atoms with E-state index in [2.05, 4.69) is 22.2 Å². The van der Waals surface area contributed by atoms with Gasteiger partial charge in [0.25, 0.3) is 0 Å². The lowest BCUT2D eigenvalue weighted by molar-refractivity contribution is -0.143. The average molecular weight is 424 g/mol. The fourth-order valence-corrected chi connectivity index (χ4v) is 1.96. The van der Waals surface area contributed by atoms with E-state index in [1.54, 1.807) is 0 Å². The second kappa shape index (κ2) is 10.5. The maximum atomic E-state index is 12.3. The Morgan fingerprint density at radius 2 is 1.38 bits per heavy atom. The zero-order chi connectivity index (χ0) is 22.2. The Balaban J connectivity index is 0.000000326.